The van der Waals surface area contributed by atoms with Gasteiger partial charge >= 0.3 is 0 Å². The van der Waals surface area contributed by atoms with Crippen LogP contribution in [0.4, 0.5) is 5.82 Å². The lowest BCUT2D eigenvalue weighted by Crippen LogP contribution is -2.49. The zero-order valence-electron chi connectivity index (χ0n) is 18.0. The van der Waals surface area contributed by atoms with Crippen molar-refractivity contribution in [3.8, 4) is 0 Å². The van der Waals surface area contributed by atoms with Crippen molar-refractivity contribution in [3.05, 3.63) is 36.0 Å². The molecule has 0 radical (unpaired) electrons. The molecule has 10 heteroatoms. The van der Waals surface area contributed by atoms with E-state index in [-0.39, 0.29) is 24.0 Å². The third kappa shape index (κ3) is 7.29. The molecule has 0 aromatic carbocycles. The Hall–Kier alpha value is -1.56. The van der Waals surface area contributed by atoms with Gasteiger partial charge in [-0.3, -0.25) is 0 Å². The number of aryl methyl sites for hydroxylation is 1. The number of nitrogens with zero attached hydrogens (tertiary/aromatic N) is 6. The molecule has 0 spiro atoms. The number of guanidine groups is 1. The molecule has 0 saturated carbocycles. The largest absolute Gasteiger partial charge is 0.356 e. The number of rotatable bonds is 8. The lowest BCUT2D eigenvalue weighted by molar-refractivity contribution is 0.459. The van der Waals surface area contributed by atoms with Crippen molar-refractivity contribution >= 4 is 47.5 Å². The van der Waals surface area contributed by atoms with E-state index >= 15 is 0 Å². The highest BCUT2D eigenvalue weighted by atomic mass is 127. The summed E-state index contributed by atoms with van der Waals surface area (Å²) in [6.45, 7) is 5.38. The number of thioether (sulfide) groups is 1. The standard InChI is InChI=1S/C20H32N8S.HI/c1-16-25-26-19(27(16)2)15-23-20(22-11-6-14-29-3)24-17-8-12-28(13-9-17)18-7-4-5-10-21-18;/h4-5,7,10,17H,6,8-9,11-15H2,1-3H3,(H2,22,23,24);1H. The SMILES string of the molecule is CSCCCNC(=NCc1nnc(C)n1C)NC1CCN(c2ccccn2)CC1.I. The van der Waals surface area contributed by atoms with Crippen LogP contribution in [0.15, 0.2) is 29.4 Å². The topological polar surface area (TPSA) is 83.3 Å². The first-order valence-corrected chi connectivity index (χ1v) is 11.6. The van der Waals surface area contributed by atoms with Gasteiger partial charge in [-0.05, 0) is 50.3 Å². The summed E-state index contributed by atoms with van der Waals surface area (Å²) < 4.78 is 1.99. The van der Waals surface area contributed by atoms with Gasteiger partial charge in [0.15, 0.2) is 11.8 Å². The second-order valence-corrected chi connectivity index (χ2v) is 8.24. The number of anilines is 1. The Morgan fingerprint density at radius 1 is 1.27 bits per heavy atom. The first kappa shape index (κ1) is 24.7. The van der Waals surface area contributed by atoms with Gasteiger partial charge in [-0.2, -0.15) is 11.8 Å². The molecule has 0 atom stereocenters. The molecule has 1 fully saturated rings. The molecule has 2 aromatic rings. The molecule has 0 unspecified atom stereocenters. The smallest absolute Gasteiger partial charge is 0.191 e. The summed E-state index contributed by atoms with van der Waals surface area (Å²) in [6.07, 6.45) is 7.23. The maximum atomic E-state index is 4.78. The van der Waals surface area contributed by atoms with Gasteiger partial charge in [0.25, 0.3) is 0 Å². The molecule has 2 aromatic heterocycles. The van der Waals surface area contributed by atoms with Gasteiger partial charge in [-0.1, -0.05) is 6.07 Å². The van der Waals surface area contributed by atoms with Gasteiger partial charge in [-0.25, -0.2) is 9.98 Å². The van der Waals surface area contributed by atoms with Crippen molar-refractivity contribution in [1.82, 2.24) is 30.4 Å². The van der Waals surface area contributed by atoms with Crippen molar-refractivity contribution in [2.45, 2.75) is 38.8 Å². The monoisotopic (exact) mass is 544 g/mol. The zero-order chi connectivity index (χ0) is 20.5. The van der Waals surface area contributed by atoms with Gasteiger partial charge in [-0.15, -0.1) is 34.2 Å². The minimum atomic E-state index is 0. The van der Waals surface area contributed by atoms with Crippen molar-refractivity contribution in [3.63, 3.8) is 0 Å². The van der Waals surface area contributed by atoms with Gasteiger partial charge in [0.1, 0.15) is 18.2 Å². The Balaban J connectivity index is 0.00000320. The Morgan fingerprint density at radius 3 is 2.70 bits per heavy atom. The van der Waals surface area contributed by atoms with E-state index in [1.807, 2.05) is 48.6 Å². The van der Waals surface area contributed by atoms with E-state index in [9.17, 15) is 0 Å². The highest BCUT2D eigenvalue weighted by Gasteiger charge is 2.21. The van der Waals surface area contributed by atoms with Crippen LogP contribution >= 0.6 is 35.7 Å². The number of nitrogens with one attached hydrogen (secondary N) is 2. The second-order valence-electron chi connectivity index (χ2n) is 7.25. The molecule has 3 heterocycles. The molecule has 2 N–H and O–H groups in total. The number of halogens is 1. The Morgan fingerprint density at radius 2 is 2.07 bits per heavy atom. The number of hydrogen-bond acceptors (Lipinski definition) is 6. The molecule has 3 rings (SSSR count). The summed E-state index contributed by atoms with van der Waals surface area (Å²) in [6, 6.07) is 6.49. The lowest BCUT2D eigenvalue weighted by Gasteiger charge is -2.33. The molecule has 0 amide bonds. The quantitative estimate of drug-likeness (QED) is 0.229. The van der Waals surface area contributed by atoms with Gasteiger partial charge in [0, 0.05) is 38.9 Å². The Kier molecular flexibility index (Phi) is 10.7. The second kappa shape index (κ2) is 13.0. The first-order chi connectivity index (χ1) is 14.2. The van der Waals surface area contributed by atoms with Crippen LogP contribution in [0.1, 0.15) is 30.9 Å². The molecule has 1 aliphatic rings. The predicted octanol–water partition coefficient (Wildman–Crippen LogP) is 2.59. The van der Waals surface area contributed by atoms with Crippen LogP contribution in [-0.4, -0.2) is 63.4 Å². The minimum Gasteiger partial charge on any atom is -0.356 e. The molecule has 8 nitrogen and oxygen atoms in total. The van der Waals surface area contributed by atoms with Crippen LogP contribution in [-0.2, 0) is 13.6 Å². The molecular formula is C20H33IN8S. The van der Waals surface area contributed by atoms with Crippen LogP contribution in [0.25, 0.3) is 0 Å². The summed E-state index contributed by atoms with van der Waals surface area (Å²) in [5.41, 5.74) is 0. The normalized spacial score (nSPS) is 15.0. The van der Waals surface area contributed by atoms with E-state index in [0.29, 0.717) is 12.6 Å². The molecular weight excluding hydrogens is 511 g/mol. The average Bonchev–Trinajstić information content (AvgIpc) is 3.08. The van der Waals surface area contributed by atoms with Crippen LogP contribution < -0.4 is 15.5 Å². The van der Waals surface area contributed by atoms with E-state index in [0.717, 1.165) is 68.1 Å². The third-order valence-electron chi connectivity index (χ3n) is 5.19. The van der Waals surface area contributed by atoms with Crippen molar-refractivity contribution < 1.29 is 0 Å². The highest BCUT2D eigenvalue weighted by Crippen LogP contribution is 2.17. The Bertz CT molecular complexity index is 774. The van der Waals surface area contributed by atoms with Gasteiger partial charge in [0.05, 0.1) is 0 Å². The fourth-order valence-electron chi connectivity index (χ4n) is 3.30. The molecule has 166 valence electrons. The number of hydrogen-bond donors (Lipinski definition) is 2. The molecule has 1 saturated heterocycles. The van der Waals surface area contributed by atoms with Crippen molar-refractivity contribution in [2.24, 2.45) is 12.0 Å². The van der Waals surface area contributed by atoms with Crippen LogP contribution in [0.2, 0.25) is 0 Å². The van der Waals surface area contributed by atoms with E-state index < -0.39 is 0 Å². The predicted molar refractivity (Wildman–Crippen MR) is 136 cm³/mol. The highest BCUT2D eigenvalue weighted by molar-refractivity contribution is 14.0. The number of piperidine rings is 1. The first-order valence-electron chi connectivity index (χ1n) is 10.2. The average molecular weight is 545 g/mol. The van der Waals surface area contributed by atoms with Crippen LogP contribution in [0.5, 0.6) is 0 Å². The van der Waals surface area contributed by atoms with E-state index in [4.69, 9.17) is 4.99 Å². The maximum Gasteiger partial charge on any atom is 0.191 e. The number of aromatic nitrogens is 4. The fourth-order valence-corrected chi connectivity index (χ4v) is 3.73. The fraction of sp³-hybridized carbons (Fsp3) is 0.600. The molecule has 0 bridgehead atoms. The molecule has 1 aliphatic heterocycles. The van der Waals surface area contributed by atoms with E-state index in [2.05, 4.69) is 43.0 Å². The van der Waals surface area contributed by atoms with Crippen LogP contribution in [0, 0.1) is 6.92 Å². The van der Waals surface area contributed by atoms with Gasteiger partial charge < -0.3 is 20.1 Å². The summed E-state index contributed by atoms with van der Waals surface area (Å²) in [4.78, 5) is 11.6. The molecule has 0 aliphatic carbocycles. The summed E-state index contributed by atoms with van der Waals surface area (Å²) >= 11 is 1.87. The van der Waals surface area contributed by atoms with Crippen molar-refractivity contribution in [2.75, 3.05) is 36.5 Å². The molecule has 30 heavy (non-hydrogen) atoms. The summed E-state index contributed by atoms with van der Waals surface area (Å²) in [5.74, 6) is 4.85. The van der Waals surface area contributed by atoms with Crippen molar-refractivity contribution in [1.29, 1.82) is 0 Å². The van der Waals surface area contributed by atoms with E-state index in [1.54, 1.807) is 0 Å². The zero-order valence-corrected chi connectivity index (χ0v) is 21.2. The van der Waals surface area contributed by atoms with E-state index in [1.165, 1.54) is 0 Å². The lowest BCUT2D eigenvalue weighted by atomic mass is 10.1. The minimum absolute atomic E-state index is 0. The third-order valence-corrected chi connectivity index (χ3v) is 5.89. The maximum absolute atomic E-state index is 4.78. The summed E-state index contributed by atoms with van der Waals surface area (Å²) in [5, 5.41) is 15.5. The van der Waals surface area contributed by atoms with Gasteiger partial charge in [0.2, 0.25) is 0 Å². The number of pyridine rings is 1. The number of aliphatic imine (C=N–C) groups is 1. The summed E-state index contributed by atoms with van der Waals surface area (Å²) in [7, 11) is 1.98. The Labute approximate surface area is 200 Å². The van der Waals surface area contributed by atoms with Crippen LogP contribution in [0.3, 0.4) is 0 Å².